The van der Waals surface area contributed by atoms with Crippen molar-refractivity contribution in [3.63, 3.8) is 0 Å². The molecule has 0 amide bonds. The van der Waals surface area contributed by atoms with Crippen LogP contribution >= 0.6 is 23.6 Å². The van der Waals surface area contributed by atoms with Crippen molar-refractivity contribution in [3.05, 3.63) is 33.0 Å². The van der Waals surface area contributed by atoms with Crippen molar-refractivity contribution in [2.75, 3.05) is 13.1 Å². The number of quaternary nitrogens is 1. The van der Waals surface area contributed by atoms with Crippen LogP contribution in [0.25, 0.3) is 0 Å². The molecule has 2 atom stereocenters. The fraction of sp³-hybridized carbons (Fsp3) is 0.684. The third-order valence-corrected chi connectivity index (χ3v) is 7.04. The number of hydrogen-bond donors (Lipinski definition) is 2. The lowest BCUT2D eigenvalue weighted by atomic mass is 9.95. The van der Waals surface area contributed by atoms with Crippen LogP contribution in [0, 0.1) is 4.77 Å². The van der Waals surface area contributed by atoms with Gasteiger partial charge in [0.05, 0.1) is 6.54 Å². The van der Waals surface area contributed by atoms with Gasteiger partial charge in [0.2, 0.25) is 4.77 Å². The van der Waals surface area contributed by atoms with E-state index in [0.717, 1.165) is 49.6 Å². The highest BCUT2D eigenvalue weighted by atomic mass is 32.1. The minimum atomic E-state index is -0.182. The topological polar surface area (TPSA) is 47.4 Å². The molecule has 3 heterocycles. The molecule has 1 saturated carbocycles. The maximum absolute atomic E-state index is 9.98. The summed E-state index contributed by atoms with van der Waals surface area (Å²) >= 11 is 7.67. The second-order valence-electron chi connectivity index (χ2n) is 7.77. The van der Waals surface area contributed by atoms with E-state index in [4.69, 9.17) is 17.3 Å². The molecule has 0 radical (unpaired) electrons. The van der Waals surface area contributed by atoms with E-state index in [2.05, 4.69) is 22.1 Å². The van der Waals surface area contributed by atoms with E-state index in [1.54, 1.807) is 11.3 Å². The Bertz CT molecular complexity index is 761. The van der Waals surface area contributed by atoms with Gasteiger partial charge >= 0.3 is 0 Å². The zero-order valence-corrected chi connectivity index (χ0v) is 16.9. The van der Waals surface area contributed by atoms with Gasteiger partial charge in [0.25, 0.3) is 0 Å². The predicted octanol–water partition coefficient (Wildman–Crippen LogP) is 2.57. The molecule has 26 heavy (non-hydrogen) atoms. The standard InChI is InChI=1S/C19H28N4OS2/c24-16-8-4-10-21(13-16)14-22-19(25)23(15-6-2-1-3-7-15)18(20-22)12-17-9-5-11-26-17/h5,9,11,15-16,24H,1-4,6-8,10,12-14H2/p+1/t16-/m1/s1. The summed E-state index contributed by atoms with van der Waals surface area (Å²) < 4.78 is 5.25. The van der Waals surface area contributed by atoms with Crippen LogP contribution in [-0.2, 0) is 13.1 Å². The number of likely N-dealkylation sites (tertiary alicyclic amines) is 1. The van der Waals surface area contributed by atoms with Crippen LogP contribution in [0.3, 0.4) is 0 Å². The minimum absolute atomic E-state index is 0.182. The zero-order valence-electron chi connectivity index (χ0n) is 15.3. The number of nitrogens with zero attached hydrogens (tertiary/aromatic N) is 3. The molecule has 1 aliphatic heterocycles. The minimum Gasteiger partial charge on any atom is -0.387 e. The van der Waals surface area contributed by atoms with E-state index in [0.29, 0.717) is 6.04 Å². The molecule has 2 aromatic rings. The first kappa shape index (κ1) is 18.3. The average Bonchev–Trinajstić information content (AvgIpc) is 3.25. The number of aliphatic hydroxyl groups is 1. The summed E-state index contributed by atoms with van der Waals surface area (Å²) in [5, 5.41) is 17.1. The number of thiophene rings is 1. The van der Waals surface area contributed by atoms with Gasteiger partial charge in [0.15, 0.2) is 6.67 Å². The highest BCUT2D eigenvalue weighted by molar-refractivity contribution is 7.71. The Labute approximate surface area is 164 Å². The Balaban J connectivity index is 1.61. The summed E-state index contributed by atoms with van der Waals surface area (Å²) in [7, 11) is 0. The molecular weight excluding hydrogens is 364 g/mol. The predicted molar refractivity (Wildman–Crippen MR) is 106 cm³/mol. The molecule has 1 unspecified atom stereocenters. The lowest BCUT2D eigenvalue weighted by molar-refractivity contribution is -0.931. The molecule has 142 valence electrons. The van der Waals surface area contributed by atoms with Crippen molar-refractivity contribution in [1.82, 2.24) is 14.3 Å². The van der Waals surface area contributed by atoms with Gasteiger partial charge in [-0.3, -0.25) is 0 Å². The Morgan fingerprint density at radius 3 is 2.81 bits per heavy atom. The molecule has 2 N–H and O–H groups in total. The summed E-state index contributed by atoms with van der Waals surface area (Å²) in [6.45, 7) is 2.67. The third kappa shape index (κ3) is 4.11. The maximum Gasteiger partial charge on any atom is 0.203 e. The molecule has 7 heteroatoms. The second-order valence-corrected chi connectivity index (χ2v) is 9.17. The number of nitrogens with one attached hydrogen (secondary N) is 1. The molecule has 2 fully saturated rings. The number of rotatable bonds is 5. The summed E-state index contributed by atoms with van der Waals surface area (Å²) in [6.07, 6.45) is 9.04. The van der Waals surface area contributed by atoms with Crippen LogP contribution in [0.4, 0.5) is 0 Å². The lowest BCUT2D eigenvalue weighted by Crippen LogP contribution is -3.13. The van der Waals surface area contributed by atoms with Crippen LogP contribution in [0.5, 0.6) is 0 Å². The fourth-order valence-electron chi connectivity index (χ4n) is 4.44. The van der Waals surface area contributed by atoms with Crippen LogP contribution in [-0.4, -0.2) is 38.6 Å². The van der Waals surface area contributed by atoms with Crippen LogP contribution in [0.1, 0.15) is 61.7 Å². The fourth-order valence-corrected chi connectivity index (χ4v) is 5.51. The second kappa shape index (κ2) is 8.33. The molecule has 0 bridgehead atoms. The Morgan fingerprint density at radius 2 is 2.08 bits per heavy atom. The van der Waals surface area contributed by atoms with Gasteiger partial charge in [-0.15, -0.1) is 11.3 Å². The number of aromatic nitrogens is 3. The van der Waals surface area contributed by atoms with Gasteiger partial charge in [-0.2, -0.15) is 9.78 Å². The Morgan fingerprint density at radius 1 is 1.23 bits per heavy atom. The molecule has 1 saturated heterocycles. The van der Waals surface area contributed by atoms with Gasteiger partial charge in [0, 0.05) is 17.3 Å². The SMILES string of the molecule is O[C@@H]1CCC[NH+](Cn2nc(Cc3cccs3)n(C3CCCCC3)c2=S)C1. The van der Waals surface area contributed by atoms with E-state index in [9.17, 15) is 5.11 Å². The zero-order chi connectivity index (χ0) is 17.9. The Hall–Kier alpha value is -1.02. The van der Waals surface area contributed by atoms with Crippen molar-refractivity contribution in [3.8, 4) is 0 Å². The van der Waals surface area contributed by atoms with E-state index >= 15 is 0 Å². The third-order valence-electron chi connectivity index (χ3n) is 5.76. The van der Waals surface area contributed by atoms with Crippen molar-refractivity contribution in [1.29, 1.82) is 0 Å². The van der Waals surface area contributed by atoms with Gasteiger partial charge in [-0.25, -0.2) is 0 Å². The van der Waals surface area contributed by atoms with Crippen molar-refractivity contribution in [2.24, 2.45) is 0 Å². The Kier molecular flexibility index (Phi) is 5.88. The molecule has 2 aromatic heterocycles. The van der Waals surface area contributed by atoms with Crippen molar-refractivity contribution >= 4 is 23.6 Å². The number of hydrogen-bond acceptors (Lipinski definition) is 4. The van der Waals surface area contributed by atoms with Gasteiger partial charge in [-0.05, 0) is 49.3 Å². The van der Waals surface area contributed by atoms with E-state index in [1.165, 1.54) is 41.9 Å². The molecule has 1 aliphatic carbocycles. The van der Waals surface area contributed by atoms with Crippen LogP contribution in [0.15, 0.2) is 17.5 Å². The van der Waals surface area contributed by atoms with E-state index in [-0.39, 0.29) is 6.10 Å². The highest BCUT2D eigenvalue weighted by Crippen LogP contribution is 2.30. The summed E-state index contributed by atoms with van der Waals surface area (Å²) in [5.74, 6) is 1.11. The summed E-state index contributed by atoms with van der Waals surface area (Å²) in [6, 6.07) is 4.79. The molecule has 5 nitrogen and oxygen atoms in total. The maximum atomic E-state index is 9.98. The molecule has 4 rings (SSSR count). The lowest BCUT2D eigenvalue weighted by Gasteiger charge is -2.26. The molecule has 0 aromatic carbocycles. The van der Waals surface area contributed by atoms with Crippen LogP contribution in [0.2, 0.25) is 0 Å². The number of piperidine rings is 1. The normalized spacial score (nSPS) is 24.8. The van der Waals surface area contributed by atoms with Crippen molar-refractivity contribution < 1.29 is 10.0 Å². The van der Waals surface area contributed by atoms with Crippen LogP contribution < -0.4 is 4.90 Å². The highest BCUT2D eigenvalue weighted by Gasteiger charge is 2.25. The number of aliphatic hydroxyl groups excluding tert-OH is 1. The summed E-state index contributed by atoms with van der Waals surface area (Å²) in [5.41, 5.74) is 0. The van der Waals surface area contributed by atoms with Gasteiger partial charge in [-0.1, -0.05) is 25.3 Å². The monoisotopic (exact) mass is 393 g/mol. The first-order valence-electron chi connectivity index (χ1n) is 9.93. The quantitative estimate of drug-likeness (QED) is 0.768. The summed E-state index contributed by atoms with van der Waals surface area (Å²) in [4.78, 5) is 2.73. The molecular formula is C19H29N4OS2+. The first-order valence-corrected chi connectivity index (χ1v) is 11.2. The van der Waals surface area contributed by atoms with E-state index < -0.39 is 0 Å². The first-order chi connectivity index (χ1) is 12.7. The molecule has 2 aliphatic rings. The smallest absolute Gasteiger partial charge is 0.203 e. The van der Waals surface area contributed by atoms with Gasteiger partial charge < -0.3 is 14.6 Å². The largest absolute Gasteiger partial charge is 0.387 e. The molecule has 0 spiro atoms. The van der Waals surface area contributed by atoms with Crippen molar-refractivity contribution in [2.45, 2.75) is 70.2 Å². The average molecular weight is 394 g/mol. The van der Waals surface area contributed by atoms with Gasteiger partial charge in [0.1, 0.15) is 18.5 Å². The van der Waals surface area contributed by atoms with E-state index in [1.807, 2.05) is 4.68 Å².